The summed E-state index contributed by atoms with van der Waals surface area (Å²) in [6.07, 6.45) is 4.01. The SMILES string of the molecule is c1ccc(C2=NCCC23CC3)cc1. The van der Waals surface area contributed by atoms with Crippen LogP contribution >= 0.6 is 0 Å². The minimum Gasteiger partial charge on any atom is -0.289 e. The molecule has 2 aliphatic rings. The van der Waals surface area contributed by atoms with E-state index in [2.05, 4.69) is 35.3 Å². The predicted octanol–water partition coefficient (Wildman–Crippen LogP) is 2.66. The van der Waals surface area contributed by atoms with Crippen molar-refractivity contribution in [2.45, 2.75) is 19.3 Å². The molecule has 0 radical (unpaired) electrons. The molecule has 0 N–H and O–H groups in total. The highest BCUT2D eigenvalue weighted by Gasteiger charge is 2.49. The van der Waals surface area contributed by atoms with Crippen LogP contribution in [0.1, 0.15) is 24.8 Å². The lowest BCUT2D eigenvalue weighted by Gasteiger charge is -2.09. The zero-order chi connectivity index (χ0) is 8.73. The molecule has 13 heavy (non-hydrogen) atoms. The lowest BCUT2D eigenvalue weighted by Crippen LogP contribution is -2.11. The van der Waals surface area contributed by atoms with Gasteiger partial charge in [-0.3, -0.25) is 4.99 Å². The Morgan fingerprint density at radius 1 is 1.00 bits per heavy atom. The Morgan fingerprint density at radius 2 is 1.77 bits per heavy atom. The molecule has 0 aromatic heterocycles. The van der Waals surface area contributed by atoms with Crippen molar-refractivity contribution < 1.29 is 0 Å². The third-order valence-electron chi connectivity index (χ3n) is 3.26. The molecule has 1 nitrogen and oxygen atoms in total. The van der Waals surface area contributed by atoms with Gasteiger partial charge in [-0.05, 0) is 24.8 Å². The second-order valence-electron chi connectivity index (χ2n) is 4.13. The van der Waals surface area contributed by atoms with Crippen molar-refractivity contribution in [2.75, 3.05) is 6.54 Å². The van der Waals surface area contributed by atoms with E-state index in [9.17, 15) is 0 Å². The van der Waals surface area contributed by atoms with Gasteiger partial charge in [0.25, 0.3) is 0 Å². The van der Waals surface area contributed by atoms with Gasteiger partial charge in [0.05, 0.1) is 0 Å². The van der Waals surface area contributed by atoms with Crippen LogP contribution in [0.5, 0.6) is 0 Å². The normalized spacial score (nSPS) is 23.2. The molecule has 1 heteroatoms. The number of aliphatic imine (C=N–C) groups is 1. The topological polar surface area (TPSA) is 12.4 Å². The molecule has 1 saturated carbocycles. The van der Waals surface area contributed by atoms with E-state index in [-0.39, 0.29) is 0 Å². The van der Waals surface area contributed by atoms with Gasteiger partial charge >= 0.3 is 0 Å². The number of hydrogen-bond acceptors (Lipinski definition) is 1. The fourth-order valence-corrected chi connectivity index (χ4v) is 2.30. The summed E-state index contributed by atoms with van der Waals surface area (Å²) in [7, 11) is 0. The van der Waals surface area contributed by atoms with E-state index < -0.39 is 0 Å². The predicted molar refractivity (Wildman–Crippen MR) is 54.1 cm³/mol. The summed E-state index contributed by atoms with van der Waals surface area (Å²) < 4.78 is 0. The van der Waals surface area contributed by atoms with Gasteiger partial charge in [0.1, 0.15) is 0 Å². The summed E-state index contributed by atoms with van der Waals surface area (Å²) in [5, 5.41) is 0. The molecule has 0 saturated heterocycles. The highest BCUT2D eigenvalue weighted by atomic mass is 14.8. The van der Waals surface area contributed by atoms with Crippen LogP contribution in [0.25, 0.3) is 0 Å². The summed E-state index contributed by atoms with van der Waals surface area (Å²) >= 11 is 0. The average Bonchev–Trinajstić information content (AvgIpc) is 2.80. The third-order valence-corrected chi connectivity index (χ3v) is 3.26. The number of benzene rings is 1. The second-order valence-corrected chi connectivity index (χ2v) is 4.13. The van der Waals surface area contributed by atoms with Crippen LogP contribution in [-0.4, -0.2) is 12.3 Å². The average molecular weight is 171 g/mol. The van der Waals surface area contributed by atoms with Gasteiger partial charge in [-0.1, -0.05) is 30.3 Å². The van der Waals surface area contributed by atoms with Gasteiger partial charge in [0, 0.05) is 17.7 Å². The summed E-state index contributed by atoms with van der Waals surface area (Å²) in [5.41, 5.74) is 3.24. The number of rotatable bonds is 1. The Labute approximate surface area is 78.5 Å². The van der Waals surface area contributed by atoms with Crippen molar-refractivity contribution in [3.8, 4) is 0 Å². The second kappa shape index (κ2) is 2.44. The first-order chi connectivity index (χ1) is 6.41. The van der Waals surface area contributed by atoms with Crippen molar-refractivity contribution in [2.24, 2.45) is 10.4 Å². The van der Waals surface area contributed by atoms with E-state index >= 15 is 0 Å². The van der Waals surface area contributed by atoms with Gasteiger partial charge in [-0.2, -0.15) is 0 Å². The lowest BCUT2D eigenvalue weighted by atomic mass is 9.93. The molecule has 1 aliphatic carbocycles. The van der Waals surface area contributed by atoms with Crippen molar-refractivity contribution in [1.29, 1.82) is 0 Å². The Morgan fingerprint density at radius 3 is 2.46 bits per heavy atom. The fourth-order valence-electron chi connectivity index (χ4n) is 2.30. The van der Waals surface area contributed by atoms with Crippen molar-refractivity contribution >= 4 is 5.71 Å². The zero-order valence-corrected chi connectivity index (χ0v) is 7.66. The Kier molecular flexibility index (Phi) is 1.37. The molecule has 0 amide bonds. The highest BCUT2D eigenvalue weighted by molar-refractivity contribution is 6.07. The quantitative estimate of drug-likeness (QED) is 0.616. The maximum absolute atomic E-state index is 4.64. The molecule has 1 heterocycles. The van der Waals surface area contributed by atoms with Gasteiger partial charge < -0.3 is 0 Å². The molecule has 0 atom stereocenters. The summed E-state index contributed by atoms with van der Waals surface area (Å²) in [4.78, 5) is 4.64. The van der Waals surface area contributed by atoms with E-state index in [4.69, 9.17) is 0 Å². The molecule has 66 valence electrons. The fraction of sp³-hybridized carbons (Fsp3) is 0.417. The van der Waals surface area contributed by atoms with E-state index in [0.29, 0.717) is 5.41 Å². The van der Waals surface area contributed by atoms with Crippen LogP contribution in [0.4, 0.5) is 0 Å². The zero-order valence-electron chi connectivity index (χ0n) is 7.66. The van der Waals surface area contributed by atoms with Crippen LogP contribution < -0.4 is 0 Å². The summed E-state index contributed by atoms with van der Waals surface area (Å²) in [6.45, 7) is 1.05. The van der Waals surface area contributed by atoms with E-state index in [1.807, 2.05) is 0 Å². The maximum Gasteiger partial charge on any atom is 0.0482 e. The van der Waals surface area contributed by atoms with Crippen molar-refractivity contribution in [3.63, 3.8) is 0 Å². The summed E-state index contributed by atoms with van der Waals surface area (Å²) in [5.74, 6) is 0. The van der Waals surface area contributed by atoms with Crippen LogP contribution in [0, 0.1) is 5.41 Å². The van der Waals surface area contributed by atoms with Crippen molar-refractivity contribution in [3.05, 3.63) is 35.9 Å². The smallest absolute Gasteiger partial charge is 0.0482 e. The van der Waals surface area contributed by atoms with E-state index in [1.165, 1.54) is 30.5 Å². The lowest BCUT2D eigenvalue weighted by molar-refractivity contribution is 0.685. The van der Waals surface area contributed by atoms with Gasteiger partial charge in [0.2, 0.25) is 0 Å². The molecule has 1 spiro atoms. The molecule has 1 aromatic rings. The molecule has 1 aromatic carbocycles. The molecular formula is C12H13N. The first-order valence-corrected chi connectivity index (χ1v) is 5.01. The van der Waals surface area contributed by atoms with Crippen LogP contribution in [-0.2, 0) is 0 Å². The highest BCUT2D eigenvalue weighted by Crippen LogP contribution is 2.54. The molecule has 0 bridgehead atoms. The number of nitrogens with zero attached hydrogens (tertiary/aromatic N) is 1. The first-order valence-electron chi connectivity index (χ1n) is 5.01. The molecule has 3 rings (SSSR count). The largest absolute Gasteiger partial charge is 0.289 e. The van der Waals surface area contributed by atoms with Gasteiger partial charge in [-0.15, -0.1) is 0 Å². The van der Waals surface area contributed by atoms with Crippen LogP contribution in [0.2, 0.25) is 0 Å². The Hall–Kier alpha value is -1.11. The minimum absolute atomic E-state index is 0.515. The van der Waals surface area contributed by atoms with Gasteiger partial charge in [-0.25, -0.2) is 0 Å². The first kappa shape index (κ1) is 7.31. The molecule has 1 aliphatic heterocycles. The minimum atomic E-state index is 0.515. The molecule has 1 fully saturated rings. The standard InChI is InChI=1S/C12H13N/c1-2-4-10(5-3-1)11-12(6-7-12)8-9-13-11/h1-5H,6-9H2. The molecular weight excluding hydrogens is 158 g/mol. The Balaban J connectivity index is 2.02. The third kappa shape index (κ3) is 1.03. The number of hydrogen-bond donors (Lipinski definition) is 0. The Bertz CT molecular complexity index is 347. The maximum atomic E-state index is 4.64. The van der Waals surface area contributed by atoms with E-state index in [0.717, 1.165) is 6.54 Å². The van der Waals surface area contributed by atoms with Gasteiger partial charge in [0.15, 0.2) is 0 Å². The monoisotopic (exact) mass is 171 g/mol. The van der Waals surface area contributed by atoms with E-state index in [1.54, 1.807) is 0 Å². The molecule has 0 unspecified atom stereocenters. The van der Waals surface area contributed by atoms with Crippen LogP contribution in [0.3, 0.4) is 0 Å². The van der Waals surface area contributed by atoms with Crippen LogP contribution in [0.15, 0.2) is 35.3 Å². The van der Waals surface area contributed by atoms with Crippen molar-refractivity contribution in [1.82, 2.24) is 0 Å². The summed E-state index contributed by atoms with van der Waals surface area (Å²) in [6, 6.07) is 10.6.